The van der Waals surface area contributed by atoms with Crippen LogP contribution in [0.2, 0.25) is 0 Å². The number of nitrogens with two attached hydrogens (primary N) is 1. The van der Waals surface area contributed by atoms with Crippen molar-refractivity contribution in [1.82, 2.24) is 4.72 Å². The lowest BCUT2D eigenvalue weighted by molar-refractivity contribution is 0.357. The van der Waals surface area contributed by atoms with Gasteiger partial charge in [-0.15, -0.1) is 0 Å². The van der Waals surface area contributed by atoms with Gasteiger partial charge in [-0.3, -0.25) is 0 Å². The fourth-order valence-electron chi connectivity index (χ4n) is 2.41. The number of hydrogen-bond acceptors (Lipinski definition) is 3. The van der Waals surface area contributed by atoms with E-state index in [2.05, 4.69) is 4.72 Å². The third-order valence-electron chi connectivity index (χ3n) is 4.38. The van der Waals surface area contributed by atoms with Gasteiger partial charge in [-0.25, -0.2) is 21.9 Å². The van der Waals surface area contributed by atoms with Gasteiger partial charge in [-0.05, 0) is 36.3 Å². The van der Waals surface area contributed by atoms with E-state index >= 15 is 0 Å². The minimum atomic E-state index is -4.01. The smallest absolute Gasteiger partial charge is 0.243 e. The van der Waals surface area contributed by atoms with Gasteiger partial charge in [0.25, 0.3) is 0 Å². The SMILES string of the molecule is CC(C)C1(CNS(=O)(=O)c2ccc(F)c(CN)c2F)CC1. The number of benzene rings is 1. The van der Waals surface area contributed by atoms with E-state index in [1.165, 1.54) is 0 Å². The summed E-state index contributed by atoms with van der Waals surface area (Å²) in [6.07, 6.45) is 1.90. The van der Waals surface area contributed by atoms with Crippen molar-refractivity contribution in [1.29, 1.82) is 0 Å². The summed E-state index contributed by atoms with van der Waals surface area (Å²) in [5.74, 6) is -1.60. The molecule has 0 atom stereocenters. The average Bonchev–Trinajstić information content (AvgIpc) is 3.18. The molecule has 1 aliphatic carbocycles. The highest BCUT2D eigenvalue weighted by atomic mass is 32.2. The highest BCUT2D eigenvalue weighted by Crippen LogP contribution is 2.51. The first-order valence-corrected chi connectivity index (χ1v) is 8.38. The van der Waals surface area contributed by atoms with Crippen LogP contribution in [-0.2, 0) is 16.6 Å². The molecule has 1 fully saturated rings. The van der Waals surface area contributed by atoms with E-state index in [1.807, 2.05) is 13.8 Å². The second kappa shape index (κ2) is 5.62. The van der Waals surface area contributed by atoms with E-state index in [1.54, 1.807) is 0 Å². The molecule has 0 bridgehead atoms. The van der Waals surface area contributed by atoms with E-state index in [-0.39, 0.29) is 12.0 Å². The van der Waals surface area contributed by atoms with Crippen molar-refractivity contribution in [3.8, 4) is 0 Å². The van der Waals surface area contributed by atoms with Crippen molar-refractivity contribution in [3.63, 3.8) is 0 Å². The van der Waals surface area contributed by atoms with Gasteiger partial charge in [0.1, 0.15) is 10.7 Å². The molecule has 2 rings (SSSR count). The Labute approximate surface area is 123 Å². The molecule has 0 saturated heterocycles. The number of hydrogen-bond donors (Lipinski definition) is 2. The van der Waals surface area contributed by atoms with E-state index in [0.717, 1.165) is 25.0 Å². The zero-order valence-electron chi connectivity index (χ0n) is 12.1. The largest absolute Gasteiger partial charge is 0.326 e. The lowest BCUT2D eigenvalue weighted by atomic mass is 9.93. The first-order valence-electron chi connectivity index (χ1n) is 6.90. The van der Waals surface area contributed by atoms with Gasteiger partial charge in [0.05, 0.1) is 0 Å². The molecule has 3 N–H and O–H groups in total. The van der Waals surface area contributed by atoms with Crippen LogP contribution in [0.1, 0.15) is 32.3 Å². The van der Waals surface area contributed by atoms with Crippen LogP contribution in [0, 0.1) is 23.0 Å². The van der Waals surface area contributed by atoms with Crippen molar-refractivity contribution >= 4 is 10.0 Å². The Hall–Kier alpha value is -1.05. The van der Waals surface area contributed by atoms with Crippen LogP contribution in [-0.4, -0.2) is 15.0 Å². The summed E-state index contributed by atoms with van der Waals surface area (Å²) in [7, 11) is -4.01. The van der Waals surface area contributed by atoms with Crippen LogP contribution in [0.5, 0.6) is 0 Å². The molecule has 1 saturated carbocycles. The van der Waals surface area contributed by atoms with Gasteiger partial charge in [0.2, 0.25) is 10.0 Å². The third kappa shape index (κ3) is 3.09. The van der Waals surface area contributed by atoms with Crippen molar-refractivity contribution in [2.45, 2.75) is 38.1 Å². The Balaban J connectivity index is 2.25. The molecule has 7 heteroatoms. The number of rotatable bonds is 6. The van der Waals surface area contributed by atoms with Crippen LogP contribution in [0.4, 0.5) is 8.78 Å². The monoisotopic (exact) mass is 318 g/mol. The van der Waals surface area contributed by atoms with E-state index in [4.69, 9.17) is 5.73 Å². The fraction of sp³-hybridized carbons (Fsp3) is 0.571. The summed E-state index contributed by atoms with van der Waals surface area (Å²) in [6.45, 7) is 3.94. The quantitative estimate of drug-likeness (QED) is 0.844. The van der Waals surface area contributed by atoms with Crippen molar-refractivity contribution in [3.05, 3.63) is 29.3 Å². The summed E-state index contributed by atoms with van der Waals surface area (Å²) in [6, 6.07) is 1.86. The normalized spacial score (nSPS) is 17.2. The maximum atomic E-state index is 14.1. The van der Waals surface area contributed by atoms with Crippen LogP contribution < -0.4 is 10.5 Å². The van der Waals surface area contributed by atoms with Crippen LogP contribution >= 0.6 is 0 Å². The molecular formula is C14H20F2N2O2S. The van der Waals surface area contributed by atoms with Crippen LogP contribution in [0.3, 0.4) is 0 Å². The van der Waals surface area contributed by atoms with Crippen molar-refractivity contribution < 1.29 is 17.2 Å². The zero-order valence-corrected chi connectivity index (χ0v) is 12.9. The Kier molecular flexibility index (Phi) is 4.37. The Morgan fingerprint density at radius 1 is 1.33 bits per heavy atom. The Bertz CT molecular complexity index is 641. The molecular weight excluding hydrogens is 298 g/mol. The third-order valence-corrected chi connectivity index (χ3v) is 5.79. The molecule has 0 aromatic heterocycles. The molecule has 118 valence electrons. The topological polar surface area (TPSA) is 72.2 Å². The van der Waals surface area contributed by atoms with Crippen molar-refractivity contribution in [2.75, 3.05) is 6.54 Å². The maximum absolute atomic E-state index is 14.1. The molecule has 1 aromatic carbocycles. The molecule has 0 spiro atoms. The van der Waals surface area contributed by atoms with E-state index in [9.17, 15) is 17.2 Å². The second-order valence-corrected chi connectivity index (χ2v) is 7.62. The molecule has 0 amide bonds. The van der Waals surface area contributed by atoms with Crippen LogP contribution in [0.15, 0.2) is 17.0 Å². The number of nitrogens with one attached hydrogen (secondary N) is 1. The molecule has 0 radical (unpaired) electrons. The molecule has 1 aliphatic rings. The van der Waals surface area contributed by atoms with Gasteiger partial charge in [0, 0.05) is 18.7 Å². The Morgan fingerprint density at radius 2 is 1.95 bits per heavy atom. The summed E-state index contributed by atoms with van der Waals surface area (Å²) in [5.41, 5.74) is 4.81. The summed E-state index contributed by atoms with van der Waals surface area (Å²) < 4.78 is 54.3. The minimum absolute atomic E-state index is 0.0414. The summed E-state index contributed by atoms with van der Waals surface area (Å²) in [4.78, 5) is -0.552. The molecule has 1 aromatic rings. The van der Waals surface area contributed by atoms with Gasteiger partial charge < -0.3 is 5.73 Å². The highest BCUT2D eigenvalue weighted by molar-refractivity contribution is 7.89. The maximum Gasteiger partial charge on any atom is 0.243 e. The fourth-order valence-corrected chi connectivity index (χ4v) is 3.65. The van der Waals surface area contributed by atoms with Gasteiger partial charge >= 0.3 is 0 Å². The first-order chi connectivity index (χ1) is 9.73. The zero-order chi connectivity index (χ0) is 15.8. The average molecular weight is 318 g/mol. The minimum Gasteiger partial charge on any atom is -0.326 e. The van der Waals surface area contributed by atoms with Gasteiger partial charge in [0.15, 0.2) is 5.82 Å². The highest BCUT2D eigenvalue weighted by Gasteiger charge is 2.45. The van der Waals surface area contributed by atoms with Gasteiger partial charge in [-0.1, -0.05) is 13.8 Å². The molecule has 0 unspecified atom stereocenters. The van der Waals surface area contributed by atoms with Crippen molar-refractivity contribution in [2.24, 2.45) is 17.1 Å². The molecule has 0 aliphatic heterocycles. The molecule has 21 heavy (non-hydrogen) atoms. The van der Waals surface area contributed by atoms with E-state index in [0.29, 0.717) is 5.92 Å². The molecule has 4 nitrogen and oxygen atoms in total. The molecule has 0 heterocycles. The standard InChI is InChI=1S/C14H20F2N2O2S/c1-9(2)14(5-6-14)8-18-21(19,20)12-4-3-11(15)10(7-17)13(12)16/h3-4,9,18H,5-8,17H2,1-2H3. The Morgan fingerprint density at radius 3 is 2.43 bits per heavy atom. The lowest BCUT2D eigenvalue weighted by Crippen LogP contribution is -2.33. The van der Waals surface area contributed by atoms with Crippen LogP contribution in [0.25, 0.3) is 0 Å². The predicted octanol–water partition coefficient (Wildman–Crippen LogP) is 2.14. The number of sulfonamides is 1. The van der Waals surface area contributed by atoms with Gasteiger partial charge in [-0.2, -0.15) is 0 Å². The predicted molar refractivity (Wildman–Crippen MR) is 75.9 cm³/mol. The second-order valence-electron chi connectivity index (χ2n) is 5.88. The summed E-state index contributed by atoms with van der Waals surface area (Å²) >= 11 is 0. The lowest BCUT2D eigenvalue weighted by Gasteiger charge is -2.20. The van der Waals surface area contributed by atoms with E-state index < -0.39 is 38.7 Å². The number of halogens is 2. The first kappa shape index (κ1) is 16.3. The summed E-state index contributed by atoms with van der Waals surface area (Å²) in [5, 5.41) is 0.